The fourth-order valence-electron chi connectivity index (χ4n) is 2.95. The summed E-state index contributed by atoms with van der Waals surface area (Å²) in [5, 5.41) is 16.8. The van der Waals surface area contributed by atoms with Crippen molar-refractivity contribution < 1.29 is 13.5 Å². The Labute approximate surface area is 170 Å². The van der Waals surface area contributed by atoms with Crippen LogP contribution in [0.3, 0.4) is 0 Å². The Bertz CT molecular complexity index is 716. The van der Waals surface area contributed by atoms with E-state index in [-0.39, 0.29) is 18.3 Å². The average molecular weight is 437 g/mol. The Morgan fingerprint density at radius 3 is 2.67 bits per heavy atom. The van der Waals surface area contributed by atoms with Crippen LogP contribution in [-0.4, -0.2) is 61.8 Å². The zero-order valence-electron chi connectivity index (χ0n) is 15.8. The largest absolute Gasteiger partial charge is 0.386 e. The third kappa shape index (κ3) is 6.90. The number of hydrogen-bond acceptors (Lipinski definition) is 5. The lowest BCUT2D eigenvalue weighted by Crippen LogP contribution is -2.50. The lowest BCUT2D eigenvalue weighted by molar-refractivity contribution is 0.191. The van der Waals surface area contributed by atoms with E-state index in [0.29, 0.717) is 36.4 Å². The van der Waals surface area contributed by atoms with Crippen LogP contribution in [0.1, 0.15) is 44.1 Å². The van der Waals surface area contributed by atoms with Gasteiger partial charge in [0.2, 0.25) is 10.0 Å². The molecule has 0 saturated carbocycles. The summed E-state index contributed by atoms with van der Waals surface area (Å²) >= 11 is 7.26. The second-order valence-electron chi connectivity index (χ2n) is 6.51. The van der Waals surface area contributed by atoms with Gasteiger partial charge in [-0.3, -0.25) is 4.99 Å². The van der Waals surface area contributed by atoms with Crippen molar-refractivity contribution in [2.45, 2.75) is 45.3 Å². The van der Waals surface area contributed by atoms with Crippen LogP contribution in [0.4, 0.5) is 0 Å². The standard InChI is InChI=1S/C17H29ClN4O3S2/c1-3-11-27(24,25)22-9-7-13(8-10-22)21-17(19-4-2)20-12-14(23)15-5-6-16(18)26-15/h5-6,13-14,23H,3-4,7-12H2,1-2H3,(H2,19,20,21). The van der Waals surface area contributed by atoms with Gasteiger partial charge in [0.05, 0.1) is 16.6 Å². The Morgan fingerprint density at radius 2 is 2.11 bits per heavy atom. The van der Waals surface area contributed by atoms with Gasteiger partial charge in [-0.25, -0.2) is 12.7 Å². The number of rotatable bonds is 8. The van der Waals surface area contributed by atoms with Gasteiger partial charge in [0.1, 0.15) is 6.10 Å². The molecule has 10 heteroatoms. The summed E-state index contributed by atoms with van der Waals surface area (Å²) in [4.78, 5) is 5.25. The molecule has 154 valence electrons. The van der Waals surface area contributed by atoms with Crippen molar-refractivity contribution in [2.24, 2.45) is 4.99 Å². The molecule has 1 atom stereocenters. The SMILES string of the molecule is CCCS(=O)(=O)N1CCC(NC(=NCC(O)c2ccc(Cl)s2)NCC)CC1. The lowest BCUT2D eigenvalue weighted by atomic mass is 10.1. The quantitative estimate of drug-likeness (QED) is 0.429. The van der Waals surface area contributed by atoms with Gasteiger partial charge in [0.25, 0.3) is 0 Å². The van der Waals surface area contributed by atoms with Crippen LogP contribution >= 0.6 is 22.9 Å². The van der Waals surface area contributed by atoms with E-state index in [0.717, 1.165) is 17.7 Å². The number of halogens is 1. The fourth-order valence-corrected chi connectivity index (χ4v) is 5.53. The molecule has 7 nitrogen and oxygen atoms in total. The number of aliphatic hydroxyl groups excluding tert-OH is 1. The van der Waals surface area contributed by atoms with Gasteiger partial charge in [-0.2, -0.15) is 0 Å². The summed E-state index contributed by atoms with van der Waals surface area (Å²) in [5.74, 6) is 0.842. The minimum absolute atomic E-state index is 0.157. The van der Waals surface area contributed by atoms with Gasteiger partial charge in [0.15, 0.2) is 5.96 Å². The van der Waals surface area contributed by atoms with Gasteiger partial charge >= 0.3 is 0 Å². The van der Waals surface area contributed by atoms with Gasteiger partial charge in [-0.1, -0.05) is 18.5 Å². The molecule has 1 aliphatic rings. The maximum absolute atomic E-state index is 12.2. The number of nitrogens with zero attached hydrogens (tertiary/aromatic N) is 2. The smallest absolute Gasteiger partial charge is 0.214 e. The van der Waals surface area contributed by atoms with Gasteiger partial charge < -0.3 is 15.7 Å². The van der Waals surface area contributed by atoms with Gasteiger partial charge in [0, 0.05) is 30.6 Å². The third-order valence-corrected chi connectivity index (χ3v) is 7.75. The molecule has 0 bridgehead atoms. The van der Waals surface area contributed by atoms with E-state index in [1.165, 1.54) is 11.3 Å². The zero-order valence-corrected chi connectivity index (χ0v) is 18.2. The van der Waals surface area contributed by atoms with E-state index in [2.05, 4.69) is 15.6 Å². The summed E-state index contributed by atoms with van der Waals surface area (Å²) in [5.41, 5.74) is 0. The molecule has 1 saturated heterocycles. The number of piperidine rings is 1. The van der Waals surface area contributed by atoms with Crippen LogP contribution in [-0.2, 0) is 10.0 Å². The first-order valence-electron chi connectivity index (χ1n) is 9.31. The van der Waals surface area contributed by atoms with Gasteiger partial charge in [-0.05, 0) is 38.3 Å². The predicted octanol–water partition coefficient (Wildman–Crippen LogP) is 2.19. The van der Waals surface area contributed by atoms with Crippen LogP contribution in [0.5, 0.6) is 0 Å². The maximum atomic E-state index is 12.2. The Kier molecular flexibility index (Phi) is 8.81. The first-order chi connectivity index (χ1) is 12.9. The van der Waals surface area contributed by atoms with Crippen molar-refractivity contribution in [2.75, 3.05) is 31.9 Å². The number of aliphatic hydroxyl groups is 1. The van der Waals surface area contributed by atoms with Crippen molar-refractivity contribution in [3.05, 3.63) is 21.3 Å². The molecule has 0 amide bonds. The molecule has 1 unspecified atom stereocenters. The first-order valence-corrected chi connectivity index (χ1v) is 12.1. The highest BCUT2D eigenvalue weighted by molar-refractivity contribution is 7.89. The summed E-state index contributed by atoms with van der Waals surface area (Å²) < 4.78 is 26.6. The molecule has 0 spiro atoms. The molecule has 2 rings (SSSR count). The highest BCUT2D eigenvalue weighted by atomic mass is 35.5. The normalized spacial score (nSPS) is 18.4. The number of nitrogens with one attached hydrogen (secondary N) is 2. The van der Waals surface area contributed by atoms with Crippen molar-refractivity contribution >= 4 is 38.9 Å². The number of thiophene rings is 1. The molecule has 0 aliphatic carbocycles. The minimum Gasteiger partial charge on any atom is -0.386 e. The Balaban J connectivity index is 1.89. The monoisotopic (exact) mass is 436 g/mol. The molecule has 27 heavy (non-hydrogen) atoms. The summed E-state index contributed by atoms with van der Waals surface area (Å²) in [6, 6.07) is 3.72. The first kappa shape index (κ1) is 22.4. The summed E-state index contributed by atoms with van der Waals surface area (Å²) in [6.07, 6.45) is 1.40. The minimum atomic E-state index is -3.13. The molecule has 1 fully saturated rings. The fraction of sp³-hybridized carbons (Fsp3) is 0.706. The van der Waals surface area contributed by atoms with E-state index >= 15 is 0 Å². The van der Waals surface area contributed by atoms with E-state index in [1.807, 2.05) is 13.8 Å². The number of sulfonamides is 1. The Hall–Kier alpha value is -0.870. The van der Waals surface area contributed by atoms with Crippen molar-refractivity contribution in [3.8, 4) is 0 Å². The van der Waals surface area contributed by atoms with E-state index in [1.54, 1.807) is 16.4 Å². The molecule has 1 aromatic rings. The molecule has 0 aromatic carbocycles. The molecule has 1 aliphatic heterocycles. The van der Waals surface area contributed by atoms with Crippen molar-refractivity contribution in [1.29, 1.82) is 0 Å². The van der Waals surface area contributed by atoms with Crippen LogP contribution in [0, 0.1) is 0 Å². The van der Waals surface area contributed by atoms with Crippen molar-refractivity contribution in [1.82, 2.24) is 14.9 Å². The molecular formula is C17H29ClN4O3S2. The highest BCUT2D eigenvalue weighted by Crippen LogP contribution is 2.27. The van der Waals surface area contributed by atoms with Crippen LogP contribution in [0.15, 0.2) is 17.1 Å². The number of hydrogen-bond donors (Lipinski definition) is 3. The van der Waals surface area contributed by atoms with E-state index in [4.69, 9.17) is 11.6 Å². The maximum Gasteiger partial charge on any atom is 0.214 e. The second kappa shape index (κ2) is 10.6. The molecule has 0 radical (unpaired) electrons. The summed E-state index contributed by atoms with van der Waals surface area (Å²) in [6.45, 7) is 5.84. The molecule has 2 heterocycles. The molecule has 3 N–H and O–H groups in total. The number of guanidine groups is 1. The Morgan fingerprint density at radius 1 is 1.41 bits per heavy atom. The van der Waals surface area contributed by atoms with Crippen molar-refractivity contribution in [3.63, 3.8) is 0 Å². The number of aliphatic imine (C=N–C) groups is 1. The third-order valence-electron chi connectivity index (χ3n) is 4.34. The van der Waals surface area contributed by atoms with Gasteiger partial charge in [-0.15, -0.1) is 11.3 Å². The zero-order chi connectivity index (χ0) is 19.9. The highest BCUT2D eigenvalue weighted by Gasteiger charge is 2.27. The van der Waals surface area contributed by atoms with Crippen LogP contribution in [0.25, 0.3) is 0 Å². The topological polar surface area (TPSA) is 94.0 Å². The lowest BCUT2D eigenvalue weighted by Gasteiger charge is -2.32. The van der Waals surface area contributed by atoms with E-state index in [9.17, 15) is 13.5 Å². The molecular weight excluding hydrogens is 408 g/mol. The van der Waals surface area contributed by atoms with Crippen LogP contribution < -0.4 is 10.6 Å². The second-order valence-corrected chi connectivity index (χ2v) is 10.3. The van der Waals surface area contributed by atoms with E-state index < -0.39 is 16.1 Å². The van der Waals surface area contributed by atoms with Crippen LogP contribution in [0.2, 0.25) is 4.34 Å². The molecule has 1 aromatic heterocycles. The predicted molar refractivity (Wildman–Crippen MR) is 112 cm³/mol. The average Bonchev–Trinajstić information content (AvgIpc) is 3.06. The summed E-state index contributed by atoms with van der Waals surface area (Å²) in [7, 11) is -3.13.